The molecule has 182 valence electrons. The third-order valence-corrected chi connectivity index (χ3v) is 5.42. The van der Waals surface area contributed by atoms with Gasteiger partial charge in [0.25, 0.3) is 5.91 Å². The minimum atomic E-state index is -4.84. The van der Waals surface area contributed by atoms with E-state index in [2.05, 4.69) is 5.32 Å². The molecule has 3 aromatic rings. The summed E-state index contributed by atoms with van der Waals surface area (Å²) >= 11 is 0. The van der Waals surface area contributed by atoms with Crippen molar-refractivity contribution < 1.29 is 41.8 Å². The van der Waals surface area contributed by atoms with Gasteiger partial charge >= 0.3 is 18.2 Å². The molecule has 35 heavy (non-hydrogen) atoms. The molecule has 0 aliphatic heterocycles. The van der Waals surface area contributed by atoms with E-state index in [1.807, 2.05) is 48.5 Å². The Balaban J connectivity index is 1.45. The molecule has 11 heteroatoms. The number of rotatable bonds is 7. The number of carbonyl (C=O) groups is 3. The molecule has 0 atom stereocenters. The Morgan fingerprint density at radius 2 is 1.60 bits per heavy atom. The molecule has 0 bridgehead atoms. The number of hydrogen-bond donors (Lipinski definition) is 2. The van der Waals surface area contributed by atoms with Crippen LogP contribution in [0.1, 0.15) is 27.6 Å². The van der Waals surface area contributed by atoms with Crippen LogP contribution in [-0.2, 0) is 9.53 Å². The van der Waals surface area contributed by atoms with Crippen molar-refractivity contribution in [1.29, 1.82) is 0 Å². The van der Waals surface area contributed by atoms with Gasteiger partial charge in [0.05, 0.1) is 12.0 Å². The second-order valence-corrected chi connectivity index (χ2v) is 7.78. The Labute approximate surface area is 196 Å². The van der Waals surface area contributed by atoms with Crippen LogP contribution < -0.4 is 5.32 Å². The molecule has 2 N–H and O–H groups in total. The smallest absolute Gasteiger partial charge is 0.411 e. The summed E-state index contributed by atoms with van der Waals surface area (Å²) in [7, 11) is 0. The highest BCUT2D eigenvalue weighted by atomic mass is 19.4. The van der Waals surface area contributed by atoms with E-state index in [0.717, 1.165) is 34.6 Å². The van der Waals surface area contributed by atoms with Gasteiger partial charge in [-0.3, -0.25) is 14.9 Å². The fourth-order valence-corrected chi connectivity index (χ4v) is 4.04. The summed E-state index contributed by atoms with van der Waals surface area (Å²) in [6.45, 7) is -3.03. The van der Waals surface area contributed by atoms with Crippen molar-refractivity contribution >= 4 is 23.7 Å². The number of amides is 2. The molecule has 1 aliphatic carbocycles. The minimum absolute atomic E-state index is 0.0276. The van der Waals surface area contributed by atoms with E-state index in [9.17, 15) is 27.6 Å². The van der Waals surface area contributed by atoms with Crippen molar-refractivity contribution in [3.05, 3.63) is 77.7 Å². The van der Waals surface area contributed by atoms with Gasteiger partial charge in [-0.2, -0.15) is 13.2 Å². The summed E-state index contributed by atoms with van der Waals surface area (Å²) < 4.78 is 48.8. The Kier molecular flexibility index (Phi) is 6.50. The molecule has 2 amide bonds. The lowest BCUT2D eigenvalue weighted by Crippen LogP contribution is -2.42. The van der Waals surface area contributed by atoms with Gasteiger partial charge < -0.3 is 19.2 Å². The highest BCUT2D eigenvalue weighted by Crippen LogP contribution is 2.44. The molecule has 0 unspecified atom stereocenters. The lowest BCUT2D eigenvalue weighted by atomic mass is 9.98. The number of carbonyl (C=O) groups excluding carboxylic acids is 2. The molecule has 1 aromatic heterocycles. The molecule has 4 rings (SSSR count). The summed E-state index contributed by atoms with van der Waals surface area (Å²) in [5, 5.41) is 11.2. The van der Waals surface area contributed by atoms with E-state index in [4.69, 9.17) is 14.3 Å². The quantitative estimate of drug-likeness (QED) is 0.498. The van der Waals surface area contributed by atoms with Gasteiger partial charge in [0, 0.05) is 12.0 Å². The van der Waals surface area contributed by atoms with Crippen LogP contribution in [0, 0.1) is 0 Å². The van der Waals surface area contributed by atoms with Gasteiger partial charge in [-0.05, 0) is 22.3 Å². The number of alkyl halides is 3. The summed E-state index contributed by atoms with van der Waals surface area (Å²) in [5.74, 6) is -3.86. The Bertz CT molecular complexity index is 1220. The normalized spacial score (nSPS) is 12.5. The second-order valence-electron chi connectivity index (χ2n) is 7.78. The first-order valence-corrected chi connectivity index (χ1v) is 10.4. The number of halogens is 3. The number of fused-ring (bicyclic) bond motifs is 3. The van der Waals surface area contributed by atoms with Gasteiger partial charge in [-0.1, -0.05) is 48.5 Å². The van der Waals surface area contributed by atoms with Crippen LogP contribution in [0.4, 0.5) is 23.7 Å². The molecule has 2 aromatic carbocycles. The van der Waals surface area contributed by atoms with Gasteiger partial charge in [-0.15, -0.1) is 0 Å². The molecular formula is C24H19F3N2O6. The summed E-state index contributed by atoms with van der Waals surface area (Å²) in [6, 6.07) is 16.6. The zero-order valence-electron chi connectivity index (χ0n) is 18.0. The summed E-state index contributed by atoms with van der Waals surface area (Å²) in [5.41, 5.74) is 3.78. The number of aliphatic carboxylic acids is 1. The topological polar surface area (TPSA) is 109 Å². The Morgan fingerprint density at radius 1 is 1.00 bits per heavy atom. The van der Waals surface area contributed by atoms with Gasteiger partial charge in [0.2, 0.25) is 5.76 Å². The van der Waals surface area contributed by atoms with Crippen LogP contribution in [0.15, 0.2) is 65.3 Å². The van der Waals surface area contributed by atoms with E-state index in [1.165, 1.54) is 0 Å². The van der Waals surface area contributed by atoms with E-state index in [1.54, 1.807) is 0 Å². The maximum Gasteiger partial charge on any atom is 0.411 e. The number of furan rings is 1. The number of hydrogen-bond acceptors (Lipinski definition) is 5. The van der Waals surface area contributed by atoms with Crippen LogP contribution in [0.5, 0.6) is 0 Å². The van der Waals surface area contributed by atoms with Crippen LogP contribution in [0.3, 0.4) is 0 Å². The zero-order valence-corrected chi connectivity index (χ0v) is 18.0. The number of nitrogens with zero attached hydrogens (tertiary/aromatic N) is 1. The van der Waals surface area contributed by atoms with Crippen molar-refractivity contribution in [1.82, 2.24) is 4.90 Å². The molecule has 0 fully saturated rings. The molecule has 0 saturated carbocycles. The maximum atomic E-state index is 12.8. The average molecular weight is 488 g/mol. The Hall–Kier alpha value is -4.28. The van der Waals surface area contributed by atoms with Gasteiger partial charge in [0.15, 0.2) is 0 Å². The number of anilines is 1. The number of benzene rings is 2. The molecule has 0 saturated heterocycles. The van der Waals surface area contributed by atoms with Crippen LogP contribution in [0.2, 0.25) is 0 Å². The third-order valence-electron chi connectivity index (χ3n) is 5.42. The second kappa shape index (κ2) is 9.53. The lowest BCUT2D eigenvalue weighted by molar-refractivity contribution is -0.149. The van der Waals surface area contributed by atoms with Crippen molar-refractivity contribution in [3.8, 4) is 11.1 Å². The van der Waals surface area contributed by atoms with Crippen molar-refractivity contribution in [3.63, 3.8) is 0 Å². The van der Waals surface area contributed by atoms with Crippen molar-refractivity contribution in [2.45, 2.75) is 12.1 Å². The predicted molar refractivity (Wildman–Crippen MR) is 117 cm³/mol. The largest absolute Gasteiger partial charge is 0.480 e. The molecule has 1 heterocycles. The van der Waals surface area contributed by atoms with Crippen LogP contribution >= 0.6 is 0 Å². The van der Waals surface area contributed by atoms with Crippen LogP contribution in [0.25, 0.3) is 11.1 Å². The van der Waals surface area contributed by atoms with E-state index in [-0.39, 0.29) is 23.1 Å². The van der Waals surface area contributed by atoms with Crippen molar-refractivity contribution in [2.24, 2.45) is 0 Å². The standard InChI is InChI=1S/C24H19F3N2O6/c25-24(26,27)13-29(11-20(30)31)22(32)21-19(9-10-34-21)28-23(33)35-12-18-16-7-3-1-5-14(16)15-6-2-4-8-17(15)18/h1-10,18H,11-13H2,(H,28,33)(H,30,31). The monoisotopic (exact) mass is 488 g/mol. The third kappa shape index (κ3) is 5.29. The minimum Gasteiger partial charge on any atom is -0.480 e. The molecular weight excluding hydrogens is 469 g/mol. The summed E-state index contributed by atoms with van der Waals surface area (Å²) in [6.07, 6.45) is -4.81. The first kappa shape index (κ1) is 23.9. The lowest BCUT2D eigenvalue weighted by Gasteiger charge is -2.21. The van der Waals surface area contributed by atoms with Crippen molar-refractivity contribution in [2.75, 3.05) is 25.0 Å². The molecule has 8 nitrogen and oxygen atoms in total. The molecule has 1 aliphatic rings. The number of ether oxygens (including phenoxy) is 1. The SMILES string of the molecule is O=C(O)CN(CC(F)(F)F)C(=O)c1occc1NC(=O)OCC1c2ccccc2-c2ccccc21. The predicted octanol–water partition coefficient (Wildman–Crippen LogP) is 4.73. The Morgan fingerprint density at radius 3 is 2.17 bits per heavy atom. The number of carboxylic acids is 1. The van der Waals surface area contributed by atoms with Gasteiger partial charge in [0.1, 0.15) is 19.7 Å². The summed E-state index contributed by atoms with van der Waals surface area (Å²) in [4.78, 5) is 36.0. The highest BCUT2D eigenvalue weighted by molar-refractivity contribution is 6.01. The average Bonchev–Trinajstić information content (AvgIpc) is 3.38. The van der Waals surface area contributed by atoms with Crippen LogP contribution in [-0.4, -0.2) is 53.8 Å². The van der Waals surface area contributed by atoms with E-state index in [0.29, 0.717) is 0 Å². The highest BCUT2D eigenvalue weighted by Gasteiger charge is 2.36. The van der Waals surface area contributed by atoms with Gasteiger partial charge in [-0.25, -0.2) is 4.79 Å². The fourth-order valence-electron chi connectivity index (χ4n) is 4.04. The fraction of sp³-hybridized carbons (Fsp3) is 0.208. The first-order valence-electron chi connectivity index (χ1n) is 10.4. The molecule has 0 radical (unpaired) electrons. The van der Waals surface area contributed by atoms with E-state index < -0.39 is 43.0 Å². The zero-order chi connectivity index (χ0) is 25.2. The number of carboxylic acid groups (broad SMARTS) is 1. The molecule has 0 spiro atoms. The van der Waals surface area contributed by atoms with E-state index >= 15 is 0 Å². The number of nitrogens with one attached hydrogen (secondary N) is 1. The first-order chi connectivity index (χ1) is 16.6. The maximum absolute atomic E-state index is 12.8.